The highest BCUT2D eigenvalue weighted by molar-refractivity contribution is 5.94. The molecule has 0 unspecified atom stereocenters. The van der Waals surface area contributed by atoms with Crippen molar-refractivity contribution in [3.05, 3.63) is 39.8 Å². The fraction of sp³-hybridized carbons (Fsp3) is 0.154. The quantitative estimate of drug-likeness (QED) is 0.202. The van der Waals surface area contributed by atoms with Crippen molar-refractivity contribution in [3.63, 3.8) is 0 Å². The first-order valence-corrected chi connectivity index (χ1v) is 6.47. The number of nitro benzene ring substituents is 1. The molecule has 0 atom stereocenters. The molecule has 0 amide bonds. The molecule has 11 heteroatoms. The van der Waals surface area contributed by atoms with Crippen LogP contribution < -0.4 is 22.5 Å². The molecule has 0 heterocycles. The van der Waals surface area contributed by atoms with Gasteiger partial charge in [0, 0.05) is 17.8 Å². The summed E-state index contributed by atoms with van der Waals surface area (Å²) < 4.78 is 13.8. The lowest BCUT2D eigenvalue weighted by atomic mass is 10.2. The van der Waals surface area contributed by atoms with Crippen molar-refractivity contribution in [2.45, 2.75) is 13.8 Å². The van der Waals surface area contributed by atoms with Gasteiger partial charge in [-0.15, -0.1) is 0 Å². The minimum Gasteiger partial charge on any atom is -0.370 e. The number of nitrogens with two attached hydrogens (primary N) is 3. The lowest BCUT2D eigenvalue weighted by Gasteiger charge is -2.10. The zero-order valence-corrected chi connectivity index (χ0v) is 12.9. The molecule has 0 saturated carbocycles. The lowest BCUT2D eigenvalue weighted by molar-refractivity contribution is -0.387. The van der Waals surface area contributed by atoms with E-state index >= 15 is 0 Å². The molecule has 0 aromatic heterocycles. The van der Waals surface area contributed by atoms with E-state index in [0.717, 1.165) is 12.1 Å². The first-order chi connectivity index (χ1) is 11.1. The van der Waals surface area contributed by atoms with Crippen LogP contribution in [0.25, 0.3) is 0 Å². The van der Waals surface area contributed by atoms with Gasteiger partial charge >= 0.3 is 5.69 Å². The molecule has 0 spiro atoms. The number of aliphatic imine (C=N–C) groups is 2. The van der Waals surface area contributed by atoms with Crippen LogP contribution in [-0.4, -0.2) is 22.6 Å². The number of carbonyl (C=O) groups excluding carboxylic acids is 1. The normalized spacial score (nSPS) is 11.8. The summed E-state index contributed by atoms with van der Waals surface area (Å²) >= 11 is 0. The number of halogens is 1. The van der Waals surface area contributed by atoms with E-state index in [4.69, 9.17) is 17.2 Å². The molecule has 0 aliphatic carbocycles. The molecular weight excluding hydrogens is 321 g/mol. The number of hydrogen-bond acceptors (Lipinski definition) is 5. The summed E-state index contributed by atoms with van der Waals surface area (Å²) in [6, 6.07) is 1.73. The number of carbonyl (C=O) groups is 1. The number of rotatable bonds is 5. The third kappa shape index (κ3) is 5.36. The molecule has 0 saturated heterocycles. The van der Waals surface area contributed by atoms with Gasteiger partial charge in [0.25, 0.3) is 0 Å². The predicted octanol–water partition coefficient (Wildman–Crippen LogP) is 0.858. The number of guanidine groups is 2. The fourth-order valence-electron chi connectivity index (χ4n) is 1.72. The van der Waals surface area contributed by atoms with Crippen LogP contribution in [0, 0.1) is 15.9 Å². The molecule has 1 rings (SSSR count). The first-order valence-electron chi connectivity index (χ1n) is 6.47. The summed E-state index contributed by atoms with van der Waals surface area (Å²) in [5.41, 5.74) is 15.3. The van der Waals surface area contributed by atoms with E-state index in [1.807, 2.05) is 0 Å². The predicted molar refractivity (Wildman–Crippen MR) is 88.2 cm³/mol. The lowest BCUT2D eigenvalue weighted by Crippen LogP contribution is -2.26. The van der Waals surface area contributed by atoms with Gasteiger partial charge in [0.1, 0.15) is 0 Å². The summed E-state index contributed by atoms with van der Waals surface area (Å²) in [7, 11) is 0. The van der Waals surface area contributed by atoms with Gasteiger partial charge in [-0.1, -0.05) is 0 Å². The second kappa shape index (κ2) is 7.67. The number of hydrogen-bond donors (Lipinski definition) is 4. The second-order valence-corrected chi connectivity index (χ2v) is 4.65. The van der Waals surface area contributed by atoms with Gasteiger partial charge in [0.2, 0.25) is 11.8 Å². The van der Waals surface area contributed by atoms with Crippen molar-refractivity contribution in [1.82, 2.24) is 0 Å². The Bertz CT molecular complexity index is 767. The van der Waals surface area contributed by atoms with Crippen LogP contribution in [0.1, 0.15) is 13.8 Å². The fourth-order valence-corrected chi connectivity index (χ4v) is 1.72. The topological polar surface area (TPSA) is 175 Å². The van der Waals surface area contributed by atoms with Crippen LogP contribution in [0.3, 0.4) is 0 Å². The Morgan fingerprint density at radius 3 is 2.46 bits per heavy atom. The first kappa shape index (κ1) is 18.5. The Balaban J connectivity index is 3.45. The molecule has 1 aromatic carbocycles. The molecule has 0 aliphatic heterocycles. The minimum atomic E-state index is -1.09. The van der Waals surface area contributed by atoms with Crippen LogP contribution in [0.15, 0.2) is 33.9 Å². The monoisotopic (exact) mass is 337 g/mol. The maximum atomic E-state index is 13.8. The maximum Gasteiger partial charge on any atom is 0.307 e. The highest BCUT2D eigenvalue weighted by Gasteiger charge is 2.18. The highest BCUT2D eigenvalue weighted by Crippen LogP contribution is 2.33. The second-order valence-electron chi connectivity index (χ2n) is 4.65. The molecule has 10 nitrogen and oxygen atoms in total. The SMILES string of the molecule is CC(=O)C=C(C)Nc1cc(F)c([N+](=O)[O-])cc1N=C(N)N=C(N)N. The van der Waals surface area contributed by atoms with E-state index < -0.39 is 16.4 Å². The van der Waals surface area contributed by atoms with Gasteiger partial charge in [0.15, 0.2) is 11.7 Å². The zero-order valence-electron chi connectivity index (χ0n) is 12.9. The molecule has 0 fully saturated rings. The average molecular weight is 337 g/mol. The van der Waals surface area contributed by atoms with Crippen molar-refractivity contribution in [2.75, 3.05) is 5.32 Å². The molecule has 24 heavy (non-hydrogen) atoms. The van der Waals surface area contributed by atoms with Crippen LogP contribution in [0.2, 0.25) is 0 Å². The van der Waals surface area contributed by atoms with Crippen molar-refractivity contribution in [2.24, 2.45) is 27.2 Å². The van der Waals surface area contributed by atoms with Gasteiger partial charge in [-0.3, -0.25) is 14.9 Å². The molecule has 0 radical (unpaired) electrons. The number of nitro groups is 1. The zero-order chi connectivity index (χ0) is 18.4. The Labute approximate surface area is 136 Å². The average Bonchev–Trinajstić information content (AvgIpc) is 2.39. The number of nitrogens with zero attached hydrogens (tertiary/aromatic N) is 3. The maximum absolute atomic E-state index is 13.8. The summed E-state index contributed by atoms with van der Waals surface area (Å²) in [5.74, 6) is -2.08. The van der Waals surface area contributed by atoms with E-state index in [1.54, 1.807) is 6.92 Å². The van der Waals surface area contributed by atoms with Crippen LogP contribution >= 0.6 is 0 Å². The van der Waals surface area contributed by atoms with Crippen LogP contribution in [0.5, 0.6) is 0 Å². The Kier molecular flexibility index (Phi) is 5.93. The highest BCUT2D eigenvalue weighted by atomic mass is 19.1. The Hall–Kier alpha value is -3.50. The van der Waals surface area contributed by atoms with E-state index in [9.17, 15) is 19.3 Å². The van der Waals surface area contributed by atoms with Crippen molar-refractivity contribution in [3.8, 4) is 0 Å². The summed E-state index contributed by atoms with van der Waals surface area (Å²) in [5, 5.41) is 13.6. The number of benzene rings is 1. The van der Waals surface area contributed by atoms with Gasteiger partial charge in [-0.05, 0) is 19.9 Å². The van der Waals surface area contributed by atoms with Crippen molar-refractivity contribution >= 4 is 34.8 Å². The molecule has 7 N–H and O–H groups in total. The van der Waals surface area contributed by atoms with Gasteiger partial charge < -0.3 is 22.5 Å². The van der Waals surface area contributed by atoms with Gasteiger partial charge in [0.05, 0.1) is 16.3 Å². The summed E-state index contributed by atoms with van der Waals surface area (Å²) in [6.07, 6.45) is 1.26. The van der Waals surface area contributed by atoms with E-state index in [1.165, 1.54) is 13.0 Å². The summed E-state index contributed by atoms with van der Waals surface area (Å²) in [4.78, 5) is 28.3. The van der Waals surface area contributed by atoms with Crippen LogP contribution in [-0.2, 0) is 4.79 Å². The molecule has 0 aliphatic rings. The Morgan fingerprint density at radius 2 is 1.96 bits per heavy atom. The van der Waals surface area contributed by atoms with Crippen molar-refractivity contribution < 1.29 is 14.1 Å². The molecular formula is C13H16FN7O3. The standard InChI is InChI=1S/C13H16FN7O3/c1-6(3-7(2)22)18-9-4-8(14)11(21(23)24)5-10(9)19-13(17)20-12(15)16/h3-5,18H,1-2H3,(H6,15,16,17,19,20). The molecule has 1 aromatic rings. The molecule has 128 valence electrons. The number of nitrogens with one attached hydrogen (secondary N) is 1. The smallest absolute Gasteiger partial charge is 0.307 e. The van der Waals surface area contributed by atoms with E-state index in [-0.39, 0.29) is 29.1 Å². The van der Waals surface area contributed by atoms with E-state index in [0.29, 0.717) is 5.70 Å². The van der Waals surface area contributed by atoms with Gasteiger partial charge in [-0.2, -0.15) is 9.38 Å². The number of anilines is 1. The summed E-state index contributed by atoms with van der Waals surface area (Å²) in [6.45, 7) is 2.88. The minimum absolute atomic E-state index is 0.0434. The van der Waals surface area contributed by atoms with Crippen molar-refractivity contribution in [1.29, 1.82) is 0 Å². The third-order valence-corrected chi connectivity index (χ3v) is 2.49. The molecule has 0 bridgehead atoms. The third-order valence-electron chi connectivity index (χ3n) is 2.49. The Morgan fingerprint density at radius 1 is 1.33 bits per heavy atom. The largest absolute Gasteiger partial charge is 0.370 e. The van der Waals surface area contributed by atoms with E-state index in [2.05, 4.69) is 15.3 Å². The number of ketones is 1. The number of allylic oxidation sites excluding steroid dienone is 2. The van der Waals surface area contributed by atoms with Crippen LogP contribution in [0.4, 0.5) is 21.5 Å². The van der Waals surface area contributed by atoms with Gasteiger partial charge in [-0.25, -0.2) is 4.99 Å².